The molecule has 1 aromatic heterocycles. The second-order valence-electron chi connectivity index (χ2n) is 6.33. The molecule has 1 aliphatic rings. The first-order valence-corrected chi connectivity index (χ1v) is 8.11. The molecule has 0 bridgehead atoms. The van der Waals surface area contributed by atoms with Crippen molar-refractivity contribution in [3.8, 4) is 0 Å². The number of Topliss-reactive ketones (excluding diaryl/α,β-unsaturated/α-hetero) is 1. The molecule has 122 valence electrons. The Balaban J connectivity index is 1.84. The van der Waals surface area contributed by atoms with Gasteiger partial charge in [0.15, 0.2) is 5.78 Å². The molecule has 1 heterocycles. The molecule has 0 aliphatic heterocycles. The lowest BCUT2D eigenvalue weighted by Gasteiger charge is -2.09. The normalized spacial score (nSPS) is 14.3. The van der Waals surface area contributed by atoms with Gasteiger partial charge in [-0.3, -0.25) is 9.59 Å². The van der Waals surface area contributed by atoms with Gasteiger partial charge in [0.2, 0.25) is 0 Å². The zero-order chi connectivity index (χ0) is 16.1. The summed E-state index contributed by atoms with van der Waals surface area (Å²) in [5.74, 6) is 0.541. The van der Waals surface area contributed by atoms with Crippen LogP contribution in [0.2, 0.25) is 0 Å². The van der Waals surface area contributed by atoms with Gasteiger partial charge in [0.1, 0.15) is 5.69 Å². The van der Waals surface area contributed by atoms with Gasteiger partial charge >= 0.3 is 0 Å². The molecule has 5 nitrogen and oxygen atoms in total. The third-order valence-corrected chi connectivity index (χ3v) is 3.87. The van der Waals surface area contributed by atoms with Gasteiger partial charge in [-0.15, -0.1) is 0 Å². The Morgan fingerprint density at radius 2 is 2.14 bits per heavy atom. The number of nitrogens with one attached hydrogen (secondary N) is 2. The van der Waals surface area contributed by atoms with E-state index in [1.54, 1.807) is 0 Å². The fourth-order valence-corrected chi connectivity index (χ4v) is 2.78. The van der Waals surface area contributed by atoms with E-state index < -0.39 is 0 Å². The molecule has 0 radical (unpaired) electrons. The number of aromatic nitrogens is 1. The lowest BCUT2D eigenvalue weighted by atomic mass is 9.94. The standard InChI is InChI=1S/C17H26N2O3/c1-11(2)10-22-9-5-8-18-17(21)16-12(3)15-13(19-16)6-4-7-14(15)20/h11,19H,4-10H2,1-3H3,(H,18,21). The van der Waals surface area contributed by atoms with E-state index in [-0.39, 0.29) is 11.7 Å². The zero-order valence-corrected chi connectivity index (χ0v) is 13.8. The molecule has 0 unspecified atom stereocenters. The van der Waals surface area contributed by atoms with Crippen molar-refractivity contribution in [2.75, 3.05) is 19.8 Å². The third kappa shape index (κ3) is 3.97. The number of aryl methyl sites for hydroxylation is 1. The second-order valence-corrected chi connectivity index (χ2v) is 6.33. The van der Waals surface area contributed by atoms with E-state index in [2.05, 4.69) is 24.1 Å². The van der Waals surface area contributed by atoms with Crippen LogP contribution in [0.5, 0.6) is 0 Å². The van der Waals surface area contributed by atoms with Gasteiger partial charge in [0, 0.05) is 37.4 Å². The van der Waals surface area contributed by atoms with Crippen LogP contribution in [0.4, 0.5) is 0 Å². The van der Waals surface area contributed by atoms with Crippen molar-refractivity contribution in [1.29, 1.82) is 0 Å². The van der Waals surface area contributed by atoms with Gasteiger partial charge in [-0.25, -0.2) is 0 Å². The number of hydrogen-bond donors (Lipinski definition) is 2. The quantitative estimate of drug-likeness (QED) is 0.761. The minimum Gasteiger partial charge on any atom is -0.381 e. The van der Waals surface area contributed by atoms with Gasteiger partial charge in [-0.05, 0) is 37.7 Å². The number of ether oxygens (including phenoxy) is 1. The second kappa shape index (κ2) is 7.58. The lowest BCUT2D eigenvalue weighted by molar-refractivity contribution is 0.0920. The van der Waals surface area contributed by atoms with Crippen LogP contribution in [0.3, 0.4) is 0 Å². The fraction of sp³-hybridized carbons (Fsp3) is 0.647. The highest BCUT2D eigenvalue weighted by Gasteiger charge is 2.26. The predicted octanol–water partition coefficient (Wildman–Crippen LogP) is 2.63. The Labute approximate surface area is 131 Å². The maximum atomic E-state index is 12.2. The van der Waals surface area contributed by atoms with Crippen LogP contribution >= 0.6 is 0 Å². The number of carbonyl (C=O) groups excluding carboxylic acids is 2. The van der Waals surface area contributed by atoms with E-state index in [0.29, 0.717) is 31.2 Å². The molecule has 0 atom stereocenters. The number of carbonyl (C=O) groups is 2. The number of rotatable bonds is 7. The molecule has 0 saturated carbocycles. The highest BCUT2D eigenvalue weighted by Crippen LogP contribution is 2.26. The number of H-pyrrole nitrogens is 1. The Morgan fingerprint density at radius 1 is 1.36 bits per heavy atom. The van der Waals surface area contributed by atoms with E-state index in [9.17, 15) is 9.59 Å². The summed E-state index contributed by atoms with van der Waals surface area (Å²) in [6.45, 7) is 8.04. The summed E-state index contributed by atoms with van der Waals surface area (Å²) in [5, 5.41) is 2.89. The summed E-state index contributed by atoms with van der Waals surface area (Å²) in [6, 6.07) is 0. The third-order valence-electron chi connectivity index (χ3n) is 3.87. The molecule has 1 aliphatic carbocycles. The first-order valence-electron chi connectivity index (χ1n) is 8.11. The summed E-state index contributed by atoms with van der Waals surface area (Å²) in [4.78, 5) is 27.3. The minimum absolute atomic E-state index is 0.136. The summed E-state index contributed by atoms with van der Waals surface area (Å²) in [7, 11) is 0. The average Bonchev–Trinajstić information content (AvgIpc) is 2.81. The lowest BCUT2D eigenvalue weighted by Crippen LogP contribution is -2.26. The molecular formula is C17H26N2O3. The molecule has 2 rings (SSSR count). The minimum atomic E-state index is -0.136. The Bertz CT molecular complexity index is 546. The van der Waals surface area contributed by atoms with E-state index in [4.69, 9.17) is 4.74 Å². The van der Waals surface area contributed by atoms with Gasteiger partial charge in [0.05, 0.1) is 0 Å². The number of amides is 1. The first-order chi connectivity index (χ1) is 10.5. The van der Waals surface area contributed by atoms with Gasteiger partial charge in [0.25, 0.3) is 5.91 Å². The van der Waals surface area contributed by atoms with Crippen LogP contribution in [0.1, 0.15) is 65.2 Å². The van der Waals surface area contributed by atoms with Gasteiger partial charge < -0.3 is 15.0 Å². The molecule has 2 N–H and O–H groups in total. The van der Waals surface area contributed by atoms with Gasteiger partial charge in [-0.1, -0.05) is 13.8 Å². The Hall–Kier alpha value is -1.62. The summed E-state index contributed by atoms with van der Waals surface area (Å²) >= 11 is 0. The summed E-state index contributed by atoms with van der Waals surface area (Å²) in [6.07, 6.45) is 3.08. The van der Waals surface area contributed by atoms with Crippen molar-refractivity contribution in [1.82, 2.24) is 10.3 Å². The molecule has 1 amide bonds. The van der Waals surface area contributed by atoms with E-state index in [0.717, 1.165) is 42.7 Å². The van der Waals surface area contributed by atoms with E-state index >= 15 is 0 Å². The van der Waals surface area contributed by atoms with Crippen LogP contribution in [0.25, 0.3) is 0 Å². The van der Waals surface area contributed by atoms with Crippen molar-refractivity contribution >= 4 is 11.7 Å². The maximum absolute atomic E-state index is 12.2. The number of fused-ring (bicyclic) bond motifs is 1. The SMILES string of the molecule is Cc1c(C(=O)NCCCOCC(C)C)[nH]c2c1C(=O)CCC2. The molecular weight excluding hydrogens is 280 g/mol. The summed E-state index contributed by atoms with van der Waals surface area (Å²) < 4.78 is 5.48. The molecule has 0 saturated heterocycles. The van der Waals surface area contributed by atoms with Crippen molar-refractivity contribution in [3.63, 3.8) is 0 Å². The smallest absolute Gasteiger partial charge is 0.268 e. The zero-order valence-electron chi connectivity index (χ0n) is 13.8. The maximum Gasteiger partial charge on any atom is 0.268 e. The molecule has 5 heteroatoms. The predicted molar refractivity (Wildman–Crippen MR) is 85.4 cm³/mol. The topological polar surface area (TPSA) is 71.2 Å². The van der Waals surface area contributed by atoms with Crippen molar-refractivity contribution in [3.05, 3.63) is 22.5 Å². The Morgan fingerprint density at radius 3 is 2.82 bits per heavy atom. The number of hydrogen-bond acceptors (Lipinski definition) is 3. The first kappa shape index (κ1) is 16.7. The van der Waals surface area contributed by atoms with Crippen LogP contribution in [0.15, 0.2) is 0 Å². The molecule has 22 heavy (non-hydrogen) atoms. The van der Waals surface area contributed by atoms with Gasteiger partial charge in [-0.2, -0.15) is 0 Å². The molecule has 0 aromatic carbocycles. The van der Waals surface area contributed by atoms with E-state index in [1.165, 1.54) is 0 Å². The fourth-order valence-electron chi connectivity index (χ4n) is 2.78. The average molecular weight is 306 g/mol. The number of ketones is 1. The number of aromatic amines is 1. The van der Waals surface area contributed by atoms with E-state index in [1.807, 2.05) is 6.92 Å². The molecule has 0 fully saturated rings. The summed E-state index contributed by atoms with van der Waals surface area (Å²) in [5.41, 5.74) is 2.97. The Kier molecular flexibility index (Phi) is 5.77. The highest BCUT2D eigenvalue weighted by molar-refractivity contribution is 6.04. The van der Waals surface area contributed by atoms with Crippen LogP contribution < -0.4 is 5.32 Å². The largest absolute Gasteiger partial charge is 0.381 e. The van der Waals surface area contributed by atoms with Crippen LogP contribution in [-0.4, -0.2) is 36.4 Å². The molecule has 0 spiro atoms. The molecule has 1 aromatic rings. The van der Waals surface area contributed by atoms with Crippen molar-refractivity contribution < 1.29 is 14.3 Å². The van der Waals surface area contributed by atoms with Crippen LogP contribution in [0, 0.1) is 12.8 Å². The van der Waals surface area contributed by atoms with Crippen LogP contribution in [-0.2, 0) is 11.2 Å². The highest BCUT2D eigenvalue weighted by atomic mass is 16.5. The van der Waals surface area contributed by atoms with Crippen molar-refractivity contribution in [2.24, 2.45) is 5.92 Å². The monoisotopic (exact) mass is 306 g/mol. The van der Waals surface area contributed by atoms with Crippen molar-refractivity contribution in [2.45, 2.75) is 46.5 Å².